The Morgan fingerprint density at radius 1 is 1.30 bits per heavy atom. The highest BCUT2D eigenvalue weighted by Crippen LogP contribution is 2.41. The van der Waals surface area contributed by atoms with Crippen LogP contribution < -0.4 is 22.1 Å². The summed E-state index contributed by atoms with van der Waals surface area (Å²) < 4.78 is 1.95. The fourth-order valence-electron chi connectivity index (χ4n) is 4.09. The molecule has 158 valence electrons. The Balaban J connectivity index is 1.76. The van der Waals surface area contributed by atoms with Crippen molar-refractivity contribution in [1.29, 1.82) is 0 Å². The fraction of sp³-hybridized carbons (Fsp3) is 0.391. The average molecular weight is 406 g/mol. The van der Waals surface area contributed by atoms with E-state index in [0.29, 0.717) is 5.92 Å². The molecule has 0 saturated heterocycles. The van der Waals surface area contributed by atoms with Crippen LogP contribution in [0.2, 0.25) is 0 Å². The van der Waals surface area contributed by atoms with Crippen LogP contribution in [0, 0.1) is 0 Å². The molecule has 7 nitrogen and oxygen atoms in total. The Morgan fingerprint density at radius 3 is 2.77 bits per heavy atom. The molecule has 30 heavy (non-hydrogen) atoms. The van der Waals surface area contributed by atoms with Gasteiger partial charge in [-0.05, 0) is 43.4 Å². The van der Waals surface area contributed by atoms with Gasteiger partial charge in [-0.2, -0.15) is 5.10 Å². The van der Waals surface area contributed by atoms with E-state index in [2.05, 4.69) is 39.9 Å². The number of hydrogen-bond acceptors (Lipinski definition) is 6. The number of hydrogen-bond donors (Lipinski definition) is 4. The maximum atomic E-state index is 6.22. The molecule has 1 aliphatic heterocycles. The summed E-state index contributed by atoms with van der Waals surface area (Å²) in [6, 6.07) is 8.70. The number of aromatic nitrogens is 2. The molecule has 0 radical (unpaired) electrons. The standard InChI is InChI=1S/C23H31N7/c1-14(25)23-18-7-6-16(17(12-24)13-26-2)10-19(18)20(8-9-27-23)28-22-11-21(15-4-5-15)29-30(22)3/h6-7,10-13,15,20,27-28H,4-5,8-9,24-25H2,1-3H3/b17-12?,23-14-,26-13?. The van der Waals surface area contributed by atoms with Crippen molar-refractivity contribution in [2.24, 2.45) is 23.5 Å². The van der Waals surface area contributed by atoms with Gasteiger partial charge in [-0.3, -0.25) is 9.67 Å². The van der Waals surface area contributed by atoms with Crippen molar-refractivity contribution >= 4 is 23.3 Å². The minimum absolute atomic E-state index is 0.115. The zero-order valence-corrected chi connectivity index (χ0v) is 17.9. The zero-order valence-electron chi connectivity index (χ0n) is 17.9. The number of allylic oxidation sites excluding steroid dienone is 2. The van der Waals surface area contributed by atoms with E-state index in [-0.39, 0.29) is 6.04 Å². The number of benzene rings is 1. The van der Waals surface area contributed by atoms with Crippen LogP contribution in [-0.4, -0.2) is 29.6 Å². The first kappa shape index (κ1) is 20.1. The highest BCUT2D eigenvalue weighted by Gasteiger charge is 2.28. The third-order valence-corrected chi connectivity index (χ3v) is 5.82. The van der Waals surface area contributed by atoms with E-state index >= 15 is 0 Å². The summed E-state index contributed by atoms with van der Waals surface area (Å²) in [5.41, 5.74) is 19.3. The number of nitrogens with one attached hydrogen (secondary N) is 2. The molecule has 1 aliphatic carbocycles. The van der Waals surface area contributed by atoms with Crippen molar-refractivity contribution < 1.29 is 0 Å². The molecule has 2 heterocycles. The first-order chi connectivity index (χ1) is 14.5. The Morgan fingerprint density at radius 2 is 2.10 bits per heavy atom. The number of fused-ring (bicyclic) bond motifs is 1. The summed E-state index contributed by atoms with van der Waals surface area (Å²) in [5.74, 6) is 1.67. The summed E-state index contributed by atoms with van der Waals surface area (Å²) in [7, 11) is 3.75. The first-order valence-corrected chi connectivity index (χ1v) is 10.5. The summed E-state index contributed by atoms with van der Waals surface area (Å²) in [4.78, 5) is 4.14. The lowest BCUT2D eigenvalue weighted by atomic mass is 9.93. The van der Waals surface area contributed by atoms with Crippen LogP contribution in [0.15, 0.2) is 41.2 Å². The largest absolute Gasteiger partial charge is 0.404 e. The van der Waals surface area contributed by atoms with Crippen molar-refractivity contribution in [2.45, 2.75) is 38.1 Å². The van der Waals surface area contributed by atoms with Crippen molar-refractivity contribution in [3.8, 4) is 0 Å². The highest BCUT2D eigenvalue weighted by atomic mass is 15.3. The van der Waals surface area contributed by atoms with Gasteiger partial charge in [0.2, 0.25) is 0 Å². The lowest BCUT2D eigenvalue weighted by molar-refractivity contribution is 0.664. The minimum Gasteiger partial charge on any atom is -0.404 e. The number of anilines is 1. The quantitative estimate of drug-likeness (QED) is 0.572. The van der Waals surface area contributed by atoms with Crippen LogP contribution >= 0.6 is 0 Å². The number of aliphatic imine (C=N–C) groups is 1. The van der Waals surface area contributed by atoms with E-state index in [4.69, 9.17) is 16.6 Å². The summed E-state index contributed by atoms with van der Waals surface area (Å²) in [6.07, 6.45) is 6.79. The molecule has 1 saturated carbocycles. The van der Waals surface area contributed by atoms with Gasteiger partial charge < -0.3 is 22.1 Å². The molecule has 6 N–H and O–H groups in total. The molecule has 1 aromatic carbocycles. The molecule has 4 rings (SSSR count). The number of aryl methyl sites for hydroxylation is 1. The molecule has 1 unspecified atom stereocenters. The van der Waals surface area contributed by atoms with E-state index < -0.39 is 0 Å². The predicted octanol–water partition coefficient (Wildman–Crippen LogP) is 3.09. The molecule has 7 heteroatoms. The van der Waals surface area contributed by atoms with Crippen LogP contribution in [0.25, 0.3) is 11.3 Å². The molecular formula is C23H31N7. The van der Waals surface area contributed by atoms with Crippen molar-refractivity contribution in [3.05, 3.63) is 58.5 Å². The van der Waals surface area contributed by atoms with Gasteiger partial charge in [0.05, 0.1) is 17.4 Å². The predicted molar refractivity (Wildman–Crippen MR) is 124 cm³/mol. The number of rotatable bonds is 5. The van der Waals surface area contributed by atoms with Crippen molar-refractivity contribution in [1.82, 2.24) is 15.1 Å². The van der Waals surface area contributed by atoms with Gasteiger partial charge in [-0.1, -0.05) is 12.1 Å². The first-order valence-electron chi connectivity index (χ1n) is 10.5. The molecule has 2 aromatic rings. The van der Waals surface area contributed by atoms with Gasteiger partial charge in [0, 0.05) is 61.9 Å². The van der Waals surface area contributed by atoms with Crippen molar-refractivity contribution in [3.63, 3.8) is 0 Å². The van der Waals surface area contributed by atoms with Gasteiger partial charge in [-0.25, -0.2) is 0 Å². The summed E-state index contributed by atoms with van der Waals surface area (Å²) >= 11 is 0. The van der Waals surface area contributed by atoms with Gasteiger partial charge in [0.25, 0.3) is 0 Å². The second kappa shape index (κ2) is 8.26. The Bertz CT molecular complexity index is 1020. The van der Waals surface area contributed by atoms with Crippen LogP contribution in [0.4, 0.5) is 5.82 Å². The topological polar surface area (TPSA) is 106 Å². The third kappa shape index (κ3) is 3.92. The van der Waals surface area contributed by atoms with Gasteiger partial charge in [-0.15, -0.1) is 0 Å². The summed E-state index contributed by atoms with van der Waals surface area (Å²) in [5, 5.41) is 12.0. The maximum Gasteiger partial charge on any atom is 0.124 e. The van der Waals surface area contributed by atoms with Gasteiger partial charge >= 0.3 is 0 Å². The molecular weight excluding hydrogens is 374 g/mol. The van der Waals surface area contributed by atoms with Crippen molar-refractivity contribution in [2.75, 3.05) is 18.9 Å². The Kier molecular flexibility index (Phi) is 5.53. The van der Waals surface area contributed by atoms with Gasteiger partial charge in [0.1, 0.15) is 5.82 Å². The second-order valence-corrected chi connectivity index (χ2v) is 8.13. The van der Waals surface area contributed by atoms with Crippen LogP contribution in [0.3, 0.4) is 0 Å². The molecule has 1 fully saturated rings. The molecule has 1 atom stereocenters. The van der Waals surface area contributed by atoms with Crippen LogP contribution in [-0.2, 0) is 7.05 Å². The normalized spacial score (nSPS) is 21.2. The molecule has 2 aliphatic rings. The third-order valence-electron chi connectivity index (χ3n) is 5.82. The van der Waals surface area contributed by atoms with Crippen LogP contribution in [0.1, 0.15) is 60.5 Å². The SMILES string of the molecule is CN=CC(=CN)c1ccc2c(c1)C(Nc1cc(C3CC3)nn1C)CCN/C2=C(/C)N. The van der Waals surface area contributed by atoms with E-state index in [9.17, 15) is 0 Å². The monoisotopic (exact) mass is 405 g/mol. The fourth-order valence-corrected chi connectivity index (χ4v) is 4.09. The second-order valence-electron chi connectivity index (χ2n) is 8.13. The van der Waals surface area contributed by atoms with E-state index in [1.165, 1.54) is 24.1 Å². The van der Waals surface area contributed by atoms with E-state index in [0.717, 1.165) is 46.9 Å². The maximum absolute atomic E-state index is 6.22. The molecule has 0 amide bonds. The van der Waals surface area contributed by atoms with Crippen LogP contribution in [0.5, 0.6) is 0 Å². The van der Waals surface area contributed by atoms with E-state index in [1.807, 2.05) is 18.7 Å². The highest BCUT2D eigenvalue weighted by molar-refractivity contribution is 6.09. The number of nitrogens with two attached hydrogens (primary N) is 2. The Hall–Kier alpha value is -3.22. The van der Waals surface area contributed by atoms with E-state index in [1.54, 1.807) is 19.5 Å². The minimum atomic E-state index is 0.115. The smallest absolute Gasteiger partial charge is 0.124 e. The summed E-state index contributed by atoms with van der Waals surface area (Å²) in [6.45, 7) is 2.76. The number of nitrogens with zero attached hydrogens (tertiary/aromatic N) is 3. The lowest BCUT2D eigenvalue weighted by Gasteiger charge is -2.21. The molecule has 0 spiro atoms. The molecule has 0 bridgehead atoms. The zero-order chi connectivity index (χ0) is 21.3. The Labute approximate surface area is 177 Å². The van der Waals surface area contributed by atoms with Gasteiger partial charge in [0.15, 0.2) is 0 Å². The molecule has 1 aromatic heterocycles. The lowest BCUT2D eigenvalue weighted by Crippen LogP contribution is -2.17. The average Bonchev–Trinajstić information content (AvgIpc) is 3.53.